The number of rotatable bonds is 8. The predicted molar refractivity (Wildman–Crippen MR) is 127 cm³/mol. The summed E-state index contributed by atoms with van der Waals surface area (Å²) in [5.74, 6) is 0.560. The smallest absolute Gasteiger partial charge is 0.334 e. The van der Waals surface area contributed by atoms with Crippen LogP contribution in [0.2, 0.25) is 0 Å². The Morgan fingerprint density at radius 3 is 2.78 bits per heavy atom. The molecule has 2 aromatic carbocycles. The number of hydrogen-bond donors (Lipinski definition) is 1. The number of carboxylic acids is 1. The number of halogens is 1. The molecule has 0 amide bonds. The third-order valence-electron chi connectivity index (χ3n) is 5.65. The molecular formula is C25H27FN2O3S. The number of aliphatic carboxylic acids is 1. The molecule has 0 bridgehead atoms. The molecule has 0 radical (unpaired) electrons. The van der Waals surface area contributed by atoms with Crippen LogP contribution in [-0.2, 0) is 17.8 Å². The van der Waals surface area contributed by atoms with Gasteiger partial charge in [-0.05, 0) is 66.1 Å². The number of carboxylic acid groups (broad SMARTS) is 1. The highest BCUT2D eigenvalue weighted by Gasteiger charge is 2.28. The van der Waals surface area contributed by atoms with Gasteiger partial charge in [0.1, 0.15) is 23.5 Å². The molecule has 0 saturated heterocycles. The minimum absolute atomic E-state index is 0.232. The molecule has 5 nitrogen and oxygen atoms in total. The van der Waals surface area contributed by atoms with Gasteiger partial charge in [-0.2, -0.15) is 0 Å². The third kappa shape index (κ3) is 5.27. The highest BCUT2D eigenvalue weighted by molar-refractivity contribution is 8.00. The van der Waals surface area contributed by atoms with E-state index in [0.29, 0.717) is 18.7 Å². The Morgan fingerprint density at radius 1 is 1.22 bits per heavy atom. The van der Waals surface area contributed by atoms with Crippen molar-refractivity contribution in [2.75, 3.05) is 30.9 Å². The van der Waals surface area contributed by atoms with Crippen molar-refractivity contribution in [3.63, 3.8) is 0 Å². The highest BCUT2D eigenvalue weighted by Crippen LogP contribution is 2.34. The lowest BCUT2D eigenvalue weighted by Gasteiger charge is -2.34. The van der Waals surface area contributed by atoms with Gasteiger partial charge in [-0.15, -0.1) is 11.8 Å². The maximum absolute atomic E-state index is 13.1. The Hall–Kier alpha value is -2.93. The number of allylic oxidation sites excluding steroid dienone is 2. The molecule has 2 aromatic rings. The van der Waals surface area contributed by atoms with E-state index in [0.717, 1.165) is 47.7 Å². The molecule has 7 heteroatoms. The van der Waals surface area contributed by atoms with Gasteiger partial charge in [-0.25, -0.2) is 9.18 Å². The summed E-state index contributed by atoms with van der Waals surface area (Å²) < 4.78 is 18.8. The molecule has 0 aliphatic carbocycles. The fourth-order valence-electron chi connectivity index (χ4n) is 3.92. The van der Waals surface area contributed by atoms with Gasteiger partial charge in [0.15, 0.2) is 0 Å². The van der Waals surface area contributed by atoms with Crippen LogP contribution < -0.4 is 9.64 Å². The first kappa shape index (κ1) is 22.3. The van der Waals surface area contributed by atoms with Crippen LogP contribution in [0, 0.1) is 5.82 Å². The summed E-state index contributed by atoms with van der Waals surface area (Å²) in [7, 11) is 2.05. The van der Waals surface area contributed by atoms with Crippen LogP contribution in [0.15, 0.2) is 66.4 Å². The lowest BCUT2D eigenvalue weighted by molar-refractivity contribution is -0.133. The summed E-state index contributed by atoms with van der Waals surface area (Å²) in [5, 5.41) is 9.48. The zero-order valence-electron chi connectivity index (χ0n) is 18.0. The van der Waals surface area contributed by atoms with Crippen LogP contribution in [0.25, 0.3) is 0 Å². The second kappa shape index (κ2) is 10.1. The minimum Gasteiger partial charge on any atom is -0.490 e. The van der Waals surface area contributed by atoms with Crippen LogP contribution in [0.1, 0.15) is 17.5 Å². The van der Waals surface area contributed by atoms with Crippen LogP contribution in [0.5, 0.6) is 5.75 Å². The zero-order valence-corrected chi connectivity index (χ0v) is 18.9. The molecule has 1 unspecified atom stereocenters. The van der Waals surface area contributed by atoms with Crippen LogP contribution >= 0.6 is 11.8 Å². The van der Waals surface area contributed by atoms with Crippen LogP contribution in [0.4, 0.5) is 10.1 Å². The third-order valence-corrected chi connectivity index (χ3v) is 7.02. The normalized spacial score (nSPS) is 17.6. The Labute approximate surface area is 192 Å². The number of hydrogen-bond acceptors (Lipinski definition) is 5. The molecule has 1 N–H and O–H groups in total. The molecule has 32 heavy (non-hydrogen) atoms. The largest absolute Gasteiger partial charge is 0.490 e. The summed E-state index contributed by atoms with van der Waals surface area (Å²) in [6.45, 7) is 2.14. The van der Waals surface area contributed by atoms with E-state index >= 15 is 0 Å². The van der Waals surface area contributed by atoms with Crippen molar-refractivity contribution in [2.45, 2.75) is 24.8 Å². The van der Waals surface area contributed by atoms with Gasteiger partial charge in [-0.1, -0.05) is 18.2 Å². The van der Waals surface area contributed by atoms with Crippen molar-refractivity contribution >= 4 is 23.4 Å². The topological polar surface area (TPSA) is 53.0 Å². The van der Waals surface area contributed by atoms with Gasteiger partial charge in [-0.3, -0.25) is 0 Å². The van der Waals surface area contributed by atoms with Gasteiger partial charge in [0.2, 0.25) is 0 Å². The van der Waals surface area contributed by atoms with Crippen molar-refractivity contribution < 1.29 is 19.0 Å². The van der Waals surface area contributed by atoms with Crippen molar-refractivity contribution in [1.29, 1.82) is 0 Å². The van der Waals surface area contributed by atoms with Gasteiger partial charge in [0.25, 0.3) is 0 Å². The lowest BCUT2D eigenvalue weighted by atomic mass is 10.1. The number of ether oxygens (including phenoxy) is 1. The highest BCUT2D eigenvalue weighted by atomic mass is 32.2. The molecule has 0 aromatic heterocycles. The SMILES string of the molecule is CN1CCOc2ccc(CN3C=CC=C(C(=O)O)C3SCCCc3ccc(F)cc3)cc21. The molecule has 2 heterocycles. The van der Waals surface area contributed by atoms with E-state index in [9.17, 15) is 14.3 Å². The summed E-state index contributed by atoms with van der Waals surface area (Å²) in [4.78, 5) is 16.1. The standard InChI is InChI=1S/C25H27FN2O3S/c1-27-13-14-31-23-11-8-19(16-22(23)27)17-28-12-2-5-21(25(29)30)24(28)32-15-3-4-18-6-9-20(26)10-7-18/h2,5-12,16,24H,3-4,13-15,17H2,1H3,(H,29,30). The van der Waals surface area contributed by atoms with E-state index in [1.165, 1.54) is 12.1 Å². The van der Waals surface area contributed by atoms with Gasteiger partial charge in [0, 0.05) is 19.8 Å². The maximum atomic E-state index is 13.1. The van der Waals surface area contributed by atoms with Crippen molar-refractivity contribution in [2.24, 2.45) is 0 Å². The molecule has 2 aliphatic heterocycles. The van der Waals surface area contributed by atoms with Crippen LogP contribution in [0.3, 0.4) is 0 Å². The van der Waals surface area contributed by atoms with E-state index in [1.54, 1.807) is 36.0 Å². The van der Waals surface area contributed by atoms with E-state index in [1.807, 2.05) is 18.3 Å². The molecule has 0 fully saturated rings. The Morgan fingerprint density at radius 2 is 2.00 bits per heavy atom. The first-order valence-electron chi connectivity index (χ1n) is 10.7. The molecule has 168 valence electrons. The number of likely N-dealkylation sites (N-methyl/N-ethyl adjacent to an activating group) is 1. The van der Waals surface area contributed by atoms with Gasteiger partial charge >= 0.3 is 5.97 Å². The number of nitrogens with zero attached hydrogens (tertiary/aromatic N) is 2. The maximum Gasteiger partial charge on any atom is 0.334 e. The average molecular weight is 455 g/mol. The molecule has 0 saturated carbocycles. The number of carbonyl (C=O) groups is 1. The van der Waals surface area contributed by atoms with Gasteiger partial charge in [0.05, 0.1) is 17.8 Å². The first-order chi connectivity index (χ1) is 15.5. The summed E-state index contributed by atoms with van der Waals surface area (Å²) >= 11 is 1.63. The van der Waals surface area contributed by atoms with Crippen molar-refractivity contribution in [3.8, 4) is 5.75 Å². The summed E-state index contributed by atoms with van der Waals surface area (Å²) in [6, 6.07) is 12.7. The molecular weight excluding hydrogens is 427 g/mol. The summed E-state index contributed by atoms with van der Waals surface area (Å²) in [5.41, 5.74) is 3.64. The van der Waals surface area contributed by atoms with E-state index in [-0.39, 0.29) is 11.2 Å². The molecule has 0 spiro atoms. The fraction of sp³-hybridized carbons (Fsp3) is 0.320. The second-order valence-corrected chi connectivity index (χ2v) is 9.15. The van der Waals surface area contributed by atoms with E-state index < -0.39 is 5.97 Å². The van der Waals surface area contributed by atoms with Gasteiger partial charge < -0.3 is 19.6 Å². The number of fused-ring (bicyclic) bond motifs is 1. The monoisotopic (exact) mass is 454 g/mol. The number of anilines is 1. The van der Waals surface area contributed by atoms with E-state index in [2.05, 4.69) is 22.9 Å². The van der Waals surface area contributed by atoms with Crippen molar-refractivity contribution in [3.05, 3.63) is 83.3 Å². The Bertz CT molecular complexity index is 1020. The molecule has 2 aliphatic rings. The zero-order chi connectivity index (χ0) is 22.5. The average Bonchev–Trinajstić information content (AvgIpc) is 2.79. The van der Waals surface area contributed by atoms with Crippen LogP contribution in [-0.4, -0.2) is 47.3 Å². The second-order valence-electron chi connectivity index (χ2n) is 7.97. The Balaban J connectivity index is 1.42. The number of thioether (sulfide) groups is 1. The quantitative estimate of drug-likeness (QED) is 0.584. The number of aryl methyl sites for hydroxylation is 1. The van der Waals surface area contributed by atoms with E-state index in [4.69, 9.17) is 4.74 Å². The Kier molecular flexibility index (Phi) is 7.05. The van der Waals surface area contributed by atoms with Crippen molar-refractivity contribution in [1.82, 2.24) is 4.90 Å². The summed E-state index contributed by atoms with van der Waals surface area (Å²) in [6.07, 6.45) is 7.17. The lowest BCUT2D eigenvalue weighted by Crippen LogP contribution is -2.34. The first-order valence-corrected chi connectivity index (χ1v) is 11.8. The fourth-order valence-corrected chi connectivity index (χ4v) is 5.15. The predicted octanol–water partition coefficient (Wildman–Crippen LogP) is 4.69. The molecule has 1 atom stereocenters. The molecule has 4 rings (SSSR count). The number of benzene rings is 2. The minimum atomic E-state index is -0.894.